The minimum absolute atomic E-state index is 0.602. The molecule has 0 atom stereocenters. The average Bonchev–Trinajstić information content (AvgIpc) is 2.27. The standard InChI is InChI=1S/C14H19BrClN/c15-13-9-8-11(16)10-14(13)17-12-6-4-2-1-3-5-7-12/h8-10,12,17H,1-7H2. The van der Waals surface area contributed by atoms with Gasteiger partial charge < -0.3 is 5.32 Å². The average molecular weight is 317 g/mol. The number of anilines is 1. The summed E-state index contributed by atoms with van der Waals surface area (Å²) < 4.78 is 1.10. The van der Waals surface area contributed by atoms with Crippen LogP contribution in [0.4, 0.5) is 5.69 Å². The third-order valence-corrected chi connectivity index (χ3v) is 4.32. The maximum absolute atomic E-state index is 6.03. The SMILES string of the molecule is Clc1ccc(Br)c(NC2CCCCCCC2)c1. The van der Waals surface area contributed by atoms with E-state index in [1.807, 2.05) is 18.2 Å². The zero-order chi connectivity index (χ0) is 12.1. The molecule has 0 spiro atoms. The number of hydrogen-bond donors (Lipinski definition) is 1. The van der Waals surface area contributed by atoms with Gasteiger partial charge in [0.25, 0.3) is 0 Å². The minimum Gasteiger partial charge on any atom is -0.381 e. The van der Waals surface area contributed by atoms with Crippen molar-refractivity contribution in [3.8, 4) is 0 Å². The third kappa shape index (κ3) is 4.18. The van der Waals surface area contributed by atoms with Gasteiger partial charge in [0.1, 0.15) is 0 Å². The second kappa shape index (κ2) is 6.65. The largest absolute Gasteiger partial charge is 0.381 e. The van der Waals surface area contributed by atoms with Crippen LogP contribution in [0.1, 0.15) is 44.9 Å². The van der Waals surface area contributed by atoms with Crippen molar-refractivity contribution in [3.63, 3.8) is 0 Å². The molecule has 94 valence electrons. The van der Waals surface area contributed by atoms with Crippen molar-refractivity contribution in [1.82, 2.24) is 0 Å². The lowest BCUT2D eigenvalue weighted by molar-refractivity contribution is 0.471. The van der Waals surface area contributed by atoms with E-state index in [1.165, 1.54) is 44.9 Å². The maximum Gasteiger partial charge on any atom is 0.0501 e. The first kappa shape index (κ1) is 13.2. The Labute approximate surface area is 117 Å². The van der Waals surface area contributed by atoms with E-state index in [9.17, 15) is 0 Å². The lowest BCUT2D eigenvalue weighted by Crippen LogP contribution is -2.20. The zero-order valence-electron chi connectivity index (χ0n) is 10.0. The van der Waals surface area contributed by atoms with Crippen molar-refractivity contribution < 1.29 is 0 Å². The lowest BCUT2D eigenvalue weighted by Gasteiger charge is -2.22. The van der Waals surface area contributed by atoms with Gasteiger partial charge in [0, 0.05) is 15.5 Å². The van der Waals surface area contributed by atoms with Crippen molar-refractivity contribution in [2.24, 2.45) is 0 Å². The summed E-state index contributed by atoms with van der Waals surface area (Å²) in [5.41, 5.74) is 1.13. The lowest BCUT2D eigenvalue weighted by atomic mass is 9.96. The Hall–Kier alpha value is -0.210. The molecule has 0 amide bonds. The molecule has 1 aromatic carbocycles. The van der Waals surface area contributed by atoms with E-state index >= 15 is 0 Å². The first-order valence-electron chi connectivity index (χ1n) is 6.47. The molecule has 0 aromatic heterocycles. The highest BCUT2D eigenvalue weighted by atomic mass is 79.9. The van der Waals surface area contributed by atoms with Gasteiger partial charge in [-0.3, -0.25) is 0 Å². The van der Waals surface area contributed by atoms with Gasteiger partial charge >= 0.3 is 0 Å². The van der Waals surface area contributed by atoms with Crippen molar-refractivity contribution in [1.29, 1.82) is 0 Å². The van der Waals surface area contributed by atoms with Gasteiger partial charge in [0.15, 0.2) is 0 Å². The zero-order valence-corrected chi connectivity index (χ0v) is 12.4. The normalized spacial score (nSPS) is 18.5. The van der Waals surface area contributed by atoms with Crippen LogP contribution in [0.2, 0.25) is 5.02 Å². The topological polar surface area (TPSA) is 12.0 Å². The minimum atomic E-state index is 0.602. The molecule has 17 heavy (non-hydrogen) atoms. The highest BCUT2D eigenvalue weighted by Gasteiger charge is 2.12. The van der Waals surface area contributed by atoms with E-state index in [1.54, 1.807) is 0 Å². The Balaban J connectivity index is 2.00. The predicted molar refractivity (Wildman–Crippen MR) is 78.9 cm³/mol. The molecule has 1 saturated carbocycles. The van der Waals surface area contributed by atoms with E-state index in [-0.39, 0.29) is 0 Å². The summed E-state index contributed by atoms with van der Waals surface area (Å²) in [5, 5.41) is 4.42. The van der Waals surface area contributed by atoms with Crippen LogP contribution in [0, 0.1) is 0 Å². The molecule has 0 bridgehead atoms. The molecule has 1 aromatic rings. The number of nitrogens with one attached hydrogen (secondary N) is 1. The summed E-state index contributed by atoms with van der Waals surface area (Å²) in [6.07, 6.45) is 9.42. The molecule has 0 saturated heterocycles. The molecule has 1 aliphatic carbocycles. The number of benzene rings is 1. The molecule has 1 nitrogen and oxygen atoms in total. The van der Waals surface area contributed by atoms with E-state index < -0.39 is 0 Å². The summed E-state index contributed by atoms with van der Waals surface area (Å²) >= 11 is 9.60. The summed E-state index contributed by atoms with van der Waals surface area (Å²) in [6, 6.07) is 6.53. The van der Waals surface area contributed by atoms with Gasteiger partial charge in [0.2, 0.25) is 0 Å². The molecule has 0 unspecified atom stereocenters. The van der Waals surface area contributed by atoms with Crippen LogP contribution < -0.4 is 5.32 Å². The quantitative estimate of drug-likeness (QED) is 0.746. The van der Waals surface area contributed by atoms with E-state index in [0.29, 0.717) is 6.04 Å². The van der Waals surface area contributed by atoms with Gasteiger partial charge in [-0.2, -0.15) is 0 Å². The summed E-state index contributed by atoms with van der Waals surface area (Å²) in [7, 11) is 0. The van der Waals surface area contributed by atoms with Crippen LogP contribution in [0.3, 0.4) is 0 Å². The third-order valence-electron chi connectivity index (χ3n) is 3.39. The molecule has 1 aliphatic rings. The Kier molecular flexibility index (Phi) is 5.17. The Morgan fingerprint density at radius 1 is 1.06 bits per heavy atom. The van der Waals surface area contributed by atoms with Crippen LogP contribution in [0.15, 0.2) is 22.7 Å². The Bertz CT molecular complexity index is 359. The number of rotatable bonds is 2. The number of halogens is 2. The van der Waals surface area contributed by atoms with Gasteiger partial charge in [-0.25, -0.2) is 0 Å². The van der Waals surface area contributed by atoms with Crippen molar-refractivity contribution in [3.05, 3.63) is 27.7 Å². The van der Waals surface area contributed by atoms with Crippen molar-refractivity contribution in [2.75, 3.05) is 5.32 Å². The summed E-state index contributed by atoms with van der Waals surface area (Å²) in [4.78, 5) is 0. The van der Waals surface area contributed by atoms with Crippen LogP contribution in [0.25, 0.3) is 0 Å². The molecule has 0 aliphatic heterocycles. The van der Waals surface area contributed by atoms with Crippen molar-refractivity contribution >= 4 is 33.2 Å². The second-order valence-corrected chi connectivity index (χ2v) is 6.10. The molecule has 0 heterocycles. The second-order valence-electron chi connectivity index (χ2n) is 4.81. The first-order valence-corrected chi connectivity index (χ1v) is 7.64. The maximum atomic E-state index is 6.03. The summed E-state index contributed by atoms with van der Waals surface area (Å²) in [6.45, 7) is 0. The van der Waals surface area contributed by atoms with Crippen LogP contribution in [-0.2, 0) is 0 Å². The highest BCUT2D eigenvalue weighted by Crippen LogP contribution is 2.28. The van der Waals surface area contributed by atoms with Crippen LogP contribution >= 0.6 is 27.5 Å². The Morgan fingerprint density at radius 2 is 1.71 bits per heavy atom. The van der Waals surface area contributed by atoms with E-state index in [4.69, 9.17) is 11.6 Å². The molecule has 3 heteroatoms. The Morgan fingerprint density at radius 3 is 2.41 bits per heavy atom. The molecule has 1 fully saturated rings. The van der Waals surface area contributed by atoms with Gasteiger partial charge in [0.05, 0.1) is 5.69 Å². The smallest absolute Gasteiger partial charge is 0.0501 e. The highest BCUT2D eigenvalue weighted by molar-refractivity contribution is 9.10. The fraction of sp³-hybridized carbons (Fsp3) is 0.571. The fourth-order valence-corrected chi connectivity index (χ4v) is 2.96. The monoisotopic (exact) mass is 315 g/mol. The summed E-state index contributed by atoms with van der Waals surface area (Å²) in [5.74, 6) is 0. The van der Waals surface area contributed by atoms with Crippen LogP contribution in [-0.4, -0.2) is 6.04 Å². The van der Waals surface area contributed by atoms with Gasteiger partial charge in [-0.15, -0.1) is 0 Å². The number of hydrogen-bond acceptors (Lipinski definition) is 1. The molecule has 1 N–H and O–H groups in total. The molecular formula is C14H19BrClN. The fourth-order valence-electron chi connectivity index (χ4n) is 2.43. The van der Waals surface area contributed by atoms with Crippen LogP contribution in [0.5, 0.6) is 0 Å². The van der Waals surface area contributed by atoms with E-state index in [0.717, 1.165) is 15.2 Å². The van der Waals surface area contributed by atoms with Crippen molar-refractivity contribution in [2.45, 2.75) is 51.0 Å². The van der Waals surface area contributed by atoms with Gasteiger partial charge in [-0.05, 0) is 47.0 Å². The van der Waals surface area contributed by atoms with Gasteiger partial charge in [-0.1, -0.05) is 43.7 Å². The molecule has 0 radical (unpaired) electrons. The molecular weight excluding hydrogens is 298 g/mol. The molecule has 2 rings (SSSR count). The first-order chi connectivity index (χ1) is 8.25. The van der Waals surface area contributed by atoms with E-state index in [2.05, 4.69) is 21.2 Å². The predicted octanol–water partition coefficient (Wildman–Crippen LogP) is 5.63.